The molecule has 3 N–H and O–H groups in total. The van der Waals surface area contributed by atoms with Crippen molar-refractivity contribution in [1.29, 1.82) is 0 Å². The Kier molecular flexibility index (Phi) is 3.19. The van der Waals surface area contributed by atoms with Crippen LogP contribution in [0.1, 0.15) is 13.8 Å². The van der Waals surface area contributed by atoms with E-state index in [-0.39, 0.29) is 5.41 Å². The summed E-state index contributed by atoms with van der Waals surface area (Å²) in [6.45, 7) is 5.68. The van der Waals surface area contributed by atoms with Gasteiger partial charge in [0.25, 0.3) is 0 Å². The maximum atomic E-state index is 5.59. The number of nitrogens with one attached hydrogen (secondary N) is 1. The van der Waals surface area contributed by atoms with Crippen LogP contribution in [0.25, 0.3) is 0 Å². The molecule has 0 spiro atoms. The molecular formula is C9H16N4. The second-order valence-electron chi connectivity index (χ2n) is 3.83. The van der Waals surface area contributed by atoms with Crippen LogP contribution in [0, 0.1) is 5.41 Å². The predicted molar refractivity (Wildman–Crippen MR) is 53.4 cm³/mol. The topological polar surface area (TPSA) is 63.8 Å². The summed E-state index contributed by atoms with van der Waals surface area (Å²) in [7, 11) is 0. The van der Waals surface area contributed by atoms with Gasteiger partial charge in [0.2, 0.25) is 0 Å². The van der Waals surface area contributed by atoms with E-state index < -0.39 is 0 Å². The Bertz CT molecular complexity index is 245. The minimum Gasteiger partial charge on any atom is -0.368 e. The highest BCUT2D eigenvalue weighted by atomic mass is 15.2. The molecule has 0 bridgehead atoms. The molecule has 0 unspecified atom stereocenters. The summed E-state index contributed by atoms with van der Waals surface area (Å²) in [6, 6.07) is 3.74. The van der Waals surface area contributed by atoms with Gasteiger partial charge in [-0.3, -0.25) is 0 Å². The maximum Gasteiger partial charge on any atom is 0.148 e. The zero-order valence-electron chi connectivity index (χ0n) is 8.12. The lowest BCUT2D eigenvalue weighted by Crippen LogP contribution is -2.31. The van der Waals surface area contributed by atoms with E-state index in [0.717, 1.165) is 12.4 Å². The quantitative estimate of drug-likeness (QED) is 0.721. The first-order chi connectivity index (χ1) is 6.14. The van der Waals surface area contributed by atoms with Crippen LogP contribution in [0.5, 0.6) is 0 Å². The van der Waals surface area contributed by atoms with Crippen molar-refractivity contribution in [3.05, 3.63) is 18.3 Å². The second-order valence-corrected chi connectivity index (χ2v) is 3.83. The third-order valence-corrected chi connectivity index (χ3v) is 1.87. The summed E-state index contributed by atoms with van der Waals surface area (Å²) >= 11 is 0. The molecule has 0 aliphatic heterocycles. The molecule has 0 aromatic carbocycles. The van der Waals surface area contributed by atoms with E-state index in [2.05, 4.69) is 29.4 Å². The van der Waals surface area contributed by atoms with E-state index in [4.69, 9.17) is 5.73 Å². The smallest absolute Gasteiger partial charge is 0.148 e. The van der Waals surface area contributed by atoms with Gasteiger partial charge in [0.05, 0.1) is 0 Å². The highest BCUT2D eigenvalue weighted by molar-refractivity contribution is 5.31. The molecule has 1 rings (SSSR count). The number of nitrogens with two attached hydrogens (primary N) is 1. The summed E-state index contributed by atoms with van der Waals surface area (Å²) < 4.78 is 0. The van der Waals surface area contributed by atoms with Gasteiger partial charge >= 0.3 is 0 Å². The van der Waals surface area contributed by atoms with Crippen molar-refractivity contribution < 1.29 is 0 Å². The van der Waals surface area contributed by atoms with E-state index in [0.29, 0.717) is 6.54 Å². The van der Waals surface area contributed by atoms with Crippen molar-refractivity contribution in [2.45, 2.75) is 13.8 Å². The number of hydrogen-bond donors (Lipinski definition) is 2. The molecule has 1 aromatic rings. The van der Waals surface area contributed by atoms with Crippen molar-refractivity contribution in [3.63, 3.8) is 0 Å². The number of hydrogen-bond acceptors (Lipinski definition) is 4. The Labute approximate surface area is 78.6 Å². The minimum atomic E-state index is 0.0948. The lowest BCUT2D eigenvalue weighted by Gasteiger charge is -2.22. The van der Waals surface area contributed by atoms with Crippen LogP contribution in [0.4, 0.5) is 5.82 Å². The monoisotopic (exact) mass is 180 g/mol. The standard InChI is InChI=1S/C9H16N4/c1-9(2,6-10)7-11-8-4-3-5-12-13-8/h3-5H,6-7,10H2,1-2H3,(H,11,13). The largest absolute Gasteiger partial charge is 0.368 e. The Morgan fingerprint density at radius 2 is 2.31 bits per heavy atom. The first-order valence-electron chi connectivity index (χ1n) is 4.36. The summed E-state index contributed by atoms with van der Waals surface area (Å²) in [4.78, 5) is 0. The maximum absolute atomic E-state index is 5.59. The van der Waals surface area contributed by atoms with Crippen LogP contribution < -0.4 is 11.1 Å². The molecule has 0 saturated heterocycles. The molecule has 1 aromatic heterocycles. The SMILES string of the molecule is CC(C)(CN)CNc1cccnn1. The van der Waals surface area contributed by atoms with E-state index in [9.17, 15) is 0 Å². The lowest BCUT2D eigenvalue weighted by atomic mass is 9.94. The third-order valence-electron chi connectivity index (χ3n) is 1.87. The predicted octanol–water partition coefficient (Wildman–Crippen LogP) is 0.873. The molecule has 72 valence electrons. The summed E-state index contributed by atoms with van der Waals surface area (Å²) in [5, 5.41) is 10.9. The van der Waals surface area contributed by atoms with Crippen LogP contribution in [0.3, 0.4) is 0 Å². The summed E-state index contributed by atoms with van der Waals surface area (Å²) in [6.07, 6.45) is 1.65. The van der Waals surface area contributed by atoms with E-state index >= 15 is 0 Å². The number of aromatic nitrogens is 2. The minimum absolute atomic E-state index is 0.0948. The fraction of sp³-hybridized carbons (Fsp3) is 0.556. The van der Waals surface area contributed by atoms with Gasteiger partial charge in [-0.15, -0.1) is 5.10 Å². The average molecular weight is 180 g/mol. The van der Waals surface area contributed by atoms with E-state index in [1.807, 2.05) is 12.1 Å². The third kappa shape index (κ3) is 3.38. The fourth-order valence-corrected chi connectivity index (χ4v) is 0.798. The van der Waals surface area contributed by atoms with Crippen molar-refractivity contribution in [1.82, 2.24) is 10.2 Å². The van der Waals surface area contributed by atoms with E-state index in [1.165, 1.54) is 0 Å². The van der Waals surface area contributed by atoms with Gasteiger partial charge < -0.3 is 11.1 Å². The Balaban J connectivity index is 2.44. The lowest BCUT2D eigenvalue weighted by molar-refractivity contribution is 0.405. The van der Waals surface area contributed by atoms with Crippen molar-refractivity contribution >= 4 is 5.82 Å². The van der Waals surface area contributed by atoms with Crippen LogP contribution in [0.2, 0.25) is 0 Å². The molecule has 0 saturated carbocycles. The molecule has 0 atom stereocenters. The van der Waals surface area contributed by atoms with Crippen LogP contribution in [-0.2, 0) is 0 Å². The highest BCUT2D eigenvalue weighted by Gasteiger charge is 2.14. The van der Waals surface area contributed by atoms with Gasteiger partial charge in [-0.05, 0) is 24.1 Å². The number of rotatable bonds is 4. The molecule has 0 aliphatic carbocycles. The van der Waals surface area contributed by atoms with Crippen LogP contribution in [0.15, 0.2) is 18.3 Å². The van der Waals surface area contributed by atoms with E-state index in [1.54, 1.807) is 6.20 Å². The second kappa shape index (κ2) is 4.18. The molecule has 4 heteroatoms. The Morgan fingerprint density at radius 1 is 1.54 bits per heavy atom. The molecule has 0 amide bonds. The first kappa shape index (κ1) is 9.92. The Morgan fingerprint density at radius 3 is 2.85 bits per heavy atom. The molecule has 0 radical (unpaired) electrons. The van der Waals surface area contributed by atoms with Gasteiger partial charge in [0.15, 0.2) is 0 Å². The molecule has 4 nitrogen and oxygen atoms in total. The van der Waals surface area contributed by atoms with Crippen LogP contribution >= 0.6 is 0 Å². The highest BCUT2D eigenvalue weighted by Crippen LogP contribution is 2.12. The molecule has 13 heavy (non-hydrogen) atoms. The van der Waals surface area contributed by atoms with Gasteiger partial charge in [0, 0.05) is 12.7 Å². The van der Waals surface area contributed by atoms with Gasteiger partial charge in [0.1, 0.15) is 5.82 Å². The van der Waals surface area contributed by atoms with Gasteiger partial charge in [-0.2, -0.15) is 5.10 Å². The normalized spacial score (nSPS) is 11.3. The average Bonchev–Trinajstić information content (AvgIpc) is 2.17. The molecular weight excluding hydrogens is 164 g/mol. The number of nitrogens with zero attached hydrogens (tertiary/aromatic N) is 2. The van der Waals surface area contributed by atoms with Crippen molar-refractivity contribution in [2.75, 3.05) is 18.4 Å². The fourth-order valence-electron chi connectivity index (χ4n) is 0.798. The molecule has 0 fully saturated rings. The number of anilines is 1. The summed E-state index contributed by atoms with van der Waals surface area (Å²) in [5.74, 6) is 0.795. The molecule has 0 aliphatic rings. The van der Waals surface area contributed by atoms with Crippen molar-refractivity contribution in [2.24, 2.45) is 11.1 Å². The van der Waals surface area contributed by atoms with Gasteiger partial charge in [-0.25, -0.2) is 0 Å². The van der Waals surface area contributed by atoms with Gasteiger partial charge in [-0.1, -0.05) is 13.8 Å². The zero-order chi connectivity index (χ0) is 9.73. The zero-order valence-corrected chi connectivity index (χ0v) is 8.12. The molecule has 1 heterocycles. The summed E-state index contributed by atoms with van der Waals surface area (Å²) in [5.41, 5.74) is 5.69. The first-order valence-corrected chi connectivity index (χ1v) is 4.36. The van der Waals surface area contributed by atoms with Crippen molar-refractivity contribution in [3.8, 4) is 0 Å². The van der Waals surface area contributed by atoms with Crippen LogP contribution in [-0.4, -0.2) is 23.3 Å². The Hall–Kier alpha value is -1.16.